The van der Waals surface area contributed by atoms with Crippen LogP contribution in [0.4, 0.5) is 30.5 Å². The van der Waals surface area contributed by atoms with Crippen LogP contribution in [0.1, 0.15) is 5.56 Å². The van der Waals surface area contributed by atoms with Crippen molar-refractivity contribution < 1.29 is 21.6 Å². The fourth-order valence-electron chi connectivity index (χ4n) is 3.37. The minimum atomic E-state index is -4.76. The quantitative estimate of drug-likeness (QED) is 0.620. The number of nitrogens with one attached hydrogen (secondary N) is 1. The third-order valence-electron chi connectivity index (χ3n) is 4.96. The molecule has 0 atom stereocenters. The van der Waals surface area contributed by atoms with Gasteiger partial charge in [-0.3, -0.25) is 4.98 Å². The topological polar surface area (TPSA) is 91.3 Å². The van der Waals surface area contributed by atoms with Crippen molar-refractivity contribution in [3.05, 3.63) is 66.5 Å². The smallest absolute Gasteiger partial charge is 0.352 e. The van der Waals surface area contributed by atoms with Crippen LogP contribution in [0.5, 0.6) is 0 Å². The van der Waals surface area contributed by atoms with Gasteiger partial charge in [-0.15, -0.1) is 10.2 Å². The number of alkyl halides is 3. The fourth-order valence-corrected chi connectivity index (χ4v) is 5.00. The highest BCUT2D eigenvalue weighted by atomic mass is 32.2. The molecule has 0 radical (unpaired) electrons. The third-order valence-corrected chi connectivity index (χ3v) is 6.91. The first-order valence-electron chi connectivity index (χ1n) is 9.67. The molecule has 1 N–H and O–H groups in total. The summed E-state index contributed by atoms with van der Waals surface area (Å²) in [5.41, 5.74) is -0.405. The molecule has 2 aromatic heterocycles. The zero-order chi connectivity index (χ0) is 22.8. The SMILES string of the molecule is O=S(=O)(c1ccccc1C(F)(F)F)N1CCN(c2ccc(Nc3cccnc3)nn2)CC1. The van der Waals surface area contributed by atoms with Crippen LogP contribution in [0, 0.1) is 0 Å². The number of benzene rings is 1. The third kappa shape index (κ3) is 4.65. The van der Waals surface area contributed by atoms with E-state index in [0.717, 1.165) is 22.1 Å². The molecule has 0 unspecified atom stereocenters. The van der Waals surface area contributed by atoms with E-state index in [1.165, 1.54) is 12.1 Å². The minimum absolute atomic E-state index is 0.0336. The van der Waals surface area contributed by atoms with Crippen LogP contribution in [-0.2, 0) is 16.2 Å². The summed E-state index contributed by atoms with van der Waals surface area (Å²) in [5.74, 6) is 1.07. The summed E-state index contributed by atoms with van der Waals surface area (Å²) in [5, 5.41) is 11.3. The van der Waals surface area contributed by atoms with Gasteiger partial charge in [-0.25, -0.2) is 8.42 Å². The van der Waals surface area contributed by atoms with E-state index in [9.17, 15) is 21.6 Å². The molecule has 0 saturated carbocycles. The first-order valence-corrected chi connectivity index (χ1v) is 11.1. The number of hydrogen-bond acceptors (Lipinski definition) is 7. The van der Waals surface area contributed by atoms with Crippen molar-refractivity contribution in [2.75, 3.05) is 36.4 Å². The Balaban J connectivity index is 1.43. The van der Waals surface area contributed by atoms with Crippen molar-refractivity contribution in [3.63, 3.8) is 0 Å². The Morgan fingerprint density at radius 3 is 2.28 bits per heavy atom. The van der Waals surface area contributed by atoms with Gasteiger partial charge >= 0.3 is 6.18 Å². The second-order valence-corrected chi connectivity index (χ2v) is 8.93. The number of anilines is 3. The van der Waals surface area contributed by atoms with Gasteiger partial charge in [0.15, 0.2) is 11.6 Å². The normalized spacial score (nSPS) is 15.5. The van der Waals surface area contributed by atoms with Crippen LogP contribution in [0.3, 0.4) is 0 Å². The number of sulfonamides is 1. The van der Waals surface area contributed by atoms with E-state index >= 15 is 0 Å². The zero-order valence-corrected chi connectivity index (χ0v) is 17.5. The molecule has 12 heteroatoms. The lowest BCUT2D eigenvalue weighted by Gasteiger charge is -2.34. The lowest BCUT2D eigenvalue weighted by Crippen LogP contribution is -2.49. The van der Waals surface area contributed by atoms with Crippen LogP contribution >= 0.6 is 0 Å². The number of halogens is 3. The van der Waals surface area contributed by atoms with E-state index in [0.29, 0.717) is 11.6 Å². The Labute approximate surface area is 182 Å². The van der Waals surface area contributed by atoms with Gasteiger partial charge in [0.1, 0.15) is 0 Å². The van der Waals surface area contributed by atoms with Crippen molar-refractivity contribution in [1.29, 1.82) is 0 Å². The van der Waals surface area contributed by atoms with Gasteiger partial charge in [0.2, 0.25) is 10.0 Å². The van der Waals surface area contributed by atoms with Crippen molar-refractivity contribution in [2.45, 2.75) is 11.1 Å². The van der Waals surface area contributed by atoms with Crippen LogP contribution in [0.25, 0.3) is 0 Å². The second-order valence-electron chi connectivity index (χ2n) is 7.03. The summed E-state index contributed by atoms with van der Waals surface area (Å²) in [6.07, 6.45) is -1.46. The van der Waals surface area contributed by atoms with Gasteiger partial charge in [-0.2, -0.15) is 17.5 Å². The highest BCUT2D eigenvalue weighted by Gasteiger charge is 2.39. The van der Waals surface area contributed by atoms with E-state index in [-0.39, 0.29) is 26.2 Å². The molecule has 0 aliphatic carbocycles. The highest BCUT2D eigenvalue weighted by molar-refractivity contribution is 7.89. The van der Waals surface area contributed by atoms with Crippen molar-refractivity contribution in [2.24, 2.45) is 0 Å². The molecule has 0 spiro atoms. The van der Waals surface area contributed by atoms with Gasteiger partial charge < -0.3 is 10.2 Å². The Morgan fingerprint density at radius 2 is 1.66 bits per heavy atom. The molecule has 0 amide bonds. The Kier molecular flexibility index (Phi) is 5.98. The molecule has 4 rings (SSSR count). The fraction of sp³-hybridized carbons (Fsp3) is 0.250. The standard InChI is InChI=1S/C20H19F3N6O2S/c21-20(22,23)16-5-1-2-6-17(16)32(30,31)29-12-10-28(11-13-29)19-8-7-18(26-27-19)25-15-4-3-9-24-14-15/h1-9,14H,10-13H2,(H,25,26). The highest BCUT2D eigenvalue weighted by Crippen LogP contribution is 2.35. The predicted molar refractivity (Wildman–Crippen MR) is 112 cm³/mol. The summed E-state index contributed by atoms with van der Waals surface area (Å²) in [7, 11) is -4.29. The number of aromatic nitrogens is 3. The molecule has 1 aliphatic rings. The van der Waals surface area contributed by atoms with Crippen LogP contribution in [0.15, 0.2) is 65.8 Å². The average Bonchev–Trinajstić information content (AvgIpc) is 2.80. The van der Waals surface area contributed by atoms with Crippen LogP contribution < -0.4 is 10.2 Å². The summed E-state index contributed by atoms with van der Waals surface area (Å²) >= 11 is 0. The maximum absolute atomic E-state index is 13.3. The lowest BCUT2D eigenvalue weighted by molar-refractivity contribution is -0.139. The number of nitrogens with zero attached hydrogens (tertiary/aromatic N) is 5. The van der Waals surface area contributed by atoms with E-state index < -0.39 is 26.7 Å². The first-order chi connectivity index (χ1) is 15.2. The van der Waals surface area contributed by atoms with E-state index in [4.69, 9.17) is 0 Å². The van der Waals surface area contributed by atoms with Crippen molar-refractivity contribution in [1.82, 2.24) is 19.5 Å². The first kappa shape index (κ1) is 22.0. The lowest BCUT2D eigenvalue weighted by atomic mass is 10.2. The molecule has 3 aromatic rings. The van der Waals surface area contributed by atoms with Gasteiger partial charge in [0.25, 0.3) is 0 Å². The summed E-state index contributed by atoms with van der Waals surface area (Å²) in [6.45, 7) is 0.618. The van der Waals surface area contributed by atoms with Crippen LogP contribution in [-0.4, -0.2) is 54.1 Å². The Morgan fingerprint density at radius 1 is 0.906 bits per heavy atom. The number of pyridine rings is 1. The van der Waals surface area contributed by atoms with Crippen molar-refractivity contribution in [3.8, 4) is 0 Å². The van der Waals surface area contributed by atoms with Gasteiger partial charge in [-0.05, 0) is 36.4 Å². The predicted octanol–water partition coefficient (Wildman–Crippen LogP) is 3.14. The molecule has 0 bridgehead atoms. The van der Waals surface area contributed by atoms with Crippen molar-refractivity contribution >= 4 is 27.3 Å². The number of rotatable bonds is 5. The number of piperazine rings is 1. The Hall–Kier alpha value is -3.25. The maximum Gasteiger partial charge on any atom is 0.417 e. The molecule has 1 fully saturated rings. The van der Waals surface area contributed by atoms with Gasteiger partial charge in [-0.1, -0.05) is 12.1 Å². The Bertz CT molecular complexity index is 1170. The molecule has 1 saturated heterocycles. The average molecular weight is 464 g/mol. The molecule has 1 aromatic carbocycles. The maximum atomic E-state index is 13.3. The van der Waals surface area contributed by atoms with Crippen LogP contribution in [0.2, 0.25) is 0 Å². The van der Waals surface area contributed by atoms with E-state index in [2.05, 4.69) is 20.5 Å². The zero-order valence-electron chi connectivity index (χ0n) is 16.7. The molecule has 3 heterocycles. The molecular formula is C20H19F3N6O2S. The molecule has 32 heavy (non-hydrogen) atoms. The second kappa shape index (κ2) is 8.71. The number of hydrogen-bond donors (Lipinski definition) is 1. The van der Waals surface area contributed by atoms with Gasteiger partial charge in [0, 0.05) is 32.4 Å². The van der Waals surface area contributed by atoms with Gasteiger partial charge in [0.05, 0.1) is 22.3 Å². The minimum Gasteiger partial charge on any atom is -0.352 e. The van der Waals surface area contributed by atoms with E-state index in [1.807, 2.05) is 11.0 Å². The largest absolute Gasteiger partial charge is 0.417 e. The van der Waals surface area contributed by atoms with E-state index in [1.54, 1.807) is 30.6 Å². The monoisotopic (exact) mass is 464 g/mol. The summed E-state index contributed by atoms with van der Waals surface area (Å²) < 4.78 is 66.7. The molecule has 1 aliphatic heterocycles. The summed E-state index contributed by atoms with van der Waals surface area (Å²) in [6, 6.07) is 11.3. The molecule has 8 nitrogen and oxygen atoms in total. The molecular weight excluding hydrogens is 445 g/mol. The molecule has 168 valence electrons. The summed E-state index contributed by atoms with van der Waals surface area (Å²) in [4.78, 5) is 5.11.